The number of rotatable bonds is 2. The summed E-state index contributed by atoms with van der Waals surface area (Å²) in [6.45, 7) is 0.235. The van der Waals surface area contributed by atoms with Crippen molar-refractivity contribution in [2.45, 2.75) is 0 Å². The molecular weight excluding hydrogens is 164 g/mol. The first-order valence-electron chi connectivity index (χ1n) is 3.55. The lowest BCUT2D eigenvalue weighted by molar-refractivity contribution is -0.153. The normalized spacial score (nSPS) is 28.4. The van der Waals surface area contributed by atoms with Gasteiger partial charge in [0.15, 0.2) is 0 Å². The van der Waals surface area contributed by atoms with Crippen LogP contribution in [0.5, 0.6) is 0 Å². The van der Waals surface area contributed by atoms with E-state index in [0.717, 1.165) is 0 Å². The molecule has 1 rings (SSSR count). The summed E-state index contributed by atoms with van der Waals surface area (Å²) in [6, 6.07) is 0. The smallest absolute Gasteiger partial charge is 0.311 e. The van der Waals surface area contributed by atoms with Crippen LogP contribution in [0.4, 0.5) is 0 Å². The third-order valence-corrected chi connectivity index (χ3v) is 1.90. The van der Waals surface area contributed by atoms with Crippen LogP contribution in [0, 0.1) is 11.8 Å². The van der Waals surface area contributed by atoms with E-state index in [1.54, 1.807) is 0 Å². The summed E-state index contributed by atoms with van der Waals surface area (Å²) < 4.78 is 9.30. The van der Waals surface area contributed by atoms with Gasteiger partial charge in [-0.1, -0.05) is 0 Å². The van der Waals surface area contributed by atoms with Gasteiger partial charge >= 0.3 is 11.9 Å². The second-order valence-electron chi connectivity index (χ2n) is 2.61. The Morgan fingerprint density at radius 3 is 2.50 bits per heavy atom. The molecule has 1 saturated heterocycles. The SMILES string of the molecule is COC(=O)[C@H]1COC[C@H]1C(=O)O. The average Bonchev–Trinajstić information content (AvgIpc) is 2.50. The highest BCUT2D eigenvalue weighted by atomic mass is 16.5. The van der Waals surface area contributed by atoms with Crippen molar-refractivity contribution in [3.05, 3.63) is 0 Å². The maximum absolute atomic E-state index is 11.0. The summed E-state index contributed by atoms with van der Waals surface area (Å²) >= 11 is 0. The summed E-state index contributed by atoms with van der Waals surface area (Å²) in [5.41, 5.74) is 0. The van der Waals surface area contributed by atoms with E-state index in [0.29, 0.717) is 0 Å². The molecule has 0 bridgehead atoms. The Kier molecular flexibility index (Phi) is 2.65. The zero-order valence-corrected chi connectivity index (χ0v) is 6.65. The van der Waals surface area contributed by atoms with Gasteiger partial charge in [-0.25, -0.2) is 0 Å². The third-order valence-electron chi connectivity index (χ3n) is 1.90. The van der Waals surface area contributed by atoms with Crippen LogP contribution in [0.25, 0.3) is 0 Å². The first-order chi connectivity index (χ1) is 5.66. The molecule has 1 fully saturated rings. The molecule has 68 valence electrons. The lowest BCUT2D eigenvalue weighted by Gasteiger charge is -2.09. The molecule has 0 spiro atoms. The number of carboxylic acids is 1. The second kappa shape index (κ2) is 3.53. The Morgan fingerprint density at radius 2 is 2.00 bits per heavy atom. The molecule has 2 atom stereocenters. The van der Waals surface area contributed by atoms with Gasteiger partial charge in [0.25, 0.3) is 0 Å². The van der Waals surface area contributed by atoms with Crippen molar-refractivity contribution in [1.29, 1.82) is 0 Å². The van der Waals surface area contributed by atoms with Crippen LogP contribution in [0.15, 0.2) is 0 Å². The summed E-state index contributed by atoms with van der Waals surface area (Å²) in [5.74, 6) is -2.92. The number of aliphatic carboxylic acids is 1. The molecule has 0 aliphatic carbocycles. The molecule has 0 aromatic rings. The molecule has 1 aliphatic rings. The van der Waals surface area contributed by atoms with E-state index in [-0.39, 0.29) is 13.2 Å². The number of methoxy groups -OCH3 is 1. The quantitative estimate of drug-likeness (QED) is 0.571. The van der Waals surface area contributed by atoms with E-state index >= 15 is 0 Å². The molecule has 1 N–H and O–H groups in total. The highest BCUT2D eigenvalue weighted by Crippen LogP contribution is 2.21. The summed E-state index contributed by atoms with van der Waals surface area (Å²) in [6.07, 6.45) is 0. The van der Waals surface area contributed by atoms with E-state index in [2.05, 4.69) is 4.74 Å². The Labute approximate surface area is 69.3 Å². The minimum Gasteiger partial charge on any atom is -0.481 e. The predicted octanol–water partition coefficient (Wildman–Crippen LogP) is -0.493. The highest BCUT2D eigenvalue weighted by molar-refractivity contribution is 5.81. The molecule has 0 saturated carbocycles. The van der Waals surface area contributed by atoms with E-state index in [1.807, 2.05) is 0 Å². The maximum Gasteiger partial charge on any atom is 0.311 e. The largest absolute Gasteiger partial charge is 0.481 e. The van der Waals surface area contributed by atoms with Crippen molar-refractivity contribution in [3.63, 3.8) is 0 Å². The summed E-state index contributed by atoms with van der Waals surface area (Å²) in [4.78, 5) is 21.5. The Balaban J connectivity index is 2.63. The van der Waals surface area contributed by atoms with E-state index in [4.69, 9.17) is 9.84 Å². The minimum absolute atomic E-state index is 0.0924. The first kappa shape index (κ1) is 8.99. The van der Waals surface area contributed by atoms with Crippen LogP contribution in [0.1, 0.15) is 0 Å². The van der Waals surface area contributed by atoms with Crippen LogP contribution >= 0.6 is 0 Å². The van der Waals surface area contributed by atoms with Gasteiger partial charge in [-0.15, -0.1) is 0 Å². The van der Waals surface area contributed by atoms with Crippen LogP contribution in [0.3, 0.4) is 0 Å². The van der Waals surface area contributed by atoms with Gasteiger partial charge in [0, 0.05) is 0 Å². The van der Waals surface area contributed by atoms with Crippen molar-refractivity contribution in [2.24, 2.45) is 11.8 Å². The number of carboxylic acid groups (broad SMARTS) is 1. The number of carbonyl (C=O) groups excluding carboxylic acids is 1. The number of carbonyl (C=O) groups is 2. The number of esters is 1. The van der Waals surface area contributed by atoms with Crippen molar-refractivity contribution in [2.75, 3.05) is 20.3 Å². The fourth-order valence-corrected chi connectivity index (χ4v) is 1.18. The summed E-state index contributed by atoms with van der Waals surface area (Å²) in [5, 5.41) is 8.64. The van der Waals surface area contributed by atoms with E-state index in [1.165, 1.54) is 7.11 Å². The van der Waals surface area contributed by atoms with Crippen LogP contribution in [-0.4, -0.2) is 37.4 Å². The van der Waals surface area contributed by atoms with Gasteiger partial charge in [-0.3, -0.25) is 9.59 Å². The fraction of sp³-hybridized carbons (Fsp3) is 0.714. The van der Waals surface area contributed by atoms with Crippen molar-refractivity contribution in [3.8, 4) is 0 Å². The van der Waals surface area contributed by atoms with Crippen molar-refractivity contribution >= 4 is 11.9 Å². The Bertz CT molecular complexity index is 200. The van der Waals surface area contributed by atoms with Crippen LogP contribution in [-0.2, 0) is 19.1 Å². The maximum atomic E-state index is 11.0. The van der Waals surface area contributed by atoms with E-state index in [9.17, 15) is 9.59 Å². The van der Waals surface area contributed by atoms with Crippen molar-refractivity contribution in [1.82, 2.24) is 0 Å². The number of hydrogen-bond donors (Lipinski definition) is 1. The van der Waals surface area contributed by atoms with Crippen LogP contribution in [0.2, 0.25) is 0 Å². The second-order valence-corrected chi connectivity index (χ2v) is 2.61. The molecule has 5 heteroatoms. The number of ether oxygens (including phenoxy) is 2. The minimum atomic E-state index is -1.01. The van der Waals surface area contributed by atoms with Gasteiger partial charge in [0.05, 0.1) is 32.2 Å². The lowest BCUT2D eigenvalue weighted by atomic mass is 9.97. The highest BCUT2D eigenvalue weighted by Gasteiger charge is 2.39. The zero-order valence-electron chi connectivity index (χ0n) is 6.65. The summed E-state index contributed by atoms with van der Waals surface area (Å²) in [7, 11) is 1.24. The monoisotopic (exact) mass is 174 g/mol. The molecular formula is C7H10O5. The van der Waals surface area contributed by atoms with Gasteiger partial charge in [-0.2, -0.15) is 0 Å². The molecule has 1 aliphatic heterocycles. The molecule has 0 radical (unpaired) electrons. The van der Waals surface area contributed by atoms with E-state index < -0.39 is 23.8 Å². The number of hydrogen-bond acceptors (Lipinski definition) is 4. The zero-order chi connectivity index (χ0) is 9.14. The first-order valence-corrected chi connectivity index (χ1v) is 3.55. The lowest BCUT2D eigenvalue weighted by Crippen LogP contribution is -2.29. The molecule has 0 amide bonds. The standard InChI is InChI=1S/C7H10O5/c1-11-7(10)5-3-12-2-4(5)6(8)9/h4-5H,2-3H2,1H3,(H,8,9)/t4-,5+/m1/s1. The van der Waals surface area contributed by atoms with Gasteiger partial charge < -0.3 is 14.6 Å². The average molecular weight is 174 g/mol. The Hall–Kier alpha value is -1.10. The van der Waals surface area contributed by atoms with Gasteiger partial charge in [0.2, 0.25) is 0 Å². The van der Waals surface area contributed by atoms with Gasteiger partial charge in [0.1, 0.15) is 0 Å². The molecule has 12 heavy (non-hydrogen) atoms. The topological polar surface area (TPSA) is 72.8 Å². The van der Waals surface area contributed by atoms with Crippen molar-refractivity contribution < 1.29 is 24.2 Å². The molecule has 0 aromatic heterocycles. The fourth-order valence-electron chi connectivity index (χ4n) is 1.18. The molecule has 0 aromatic carbocycles. The van der Waals surface area contributed by atoms with Gasteiger partial charge in [-0.05, 0) is 0 Å². The predicted molar refractivity (Wildman–Crippen MR) is 37.5 cm³/mol. The Morgan fingerprint density at radius 1 is 1.42 bits per heavy atom. The molecule has 1 heterocycles. The molecule has 0 unspecified atom stereocenters. The van der Waals surface area contributed by atoms with Crippen LogP contribution < -0.4 is 0 Å². The third kappa shape index (κ3) is 1.55. The molecule has 5 nitrogen and oxygen atoms in total.